The summed E-state index contributed by atoms with van der Waals surface area (Å²) in [5.41, 5.74) is -0.699. The molecule has 9 atom stereocenters. The van der Waals surface area contributed by atoms with Crippen LogP contribution in [0, 0.1) is 30.6 Å². The number of anilines is 1. The third-order valence-corrected chi connectivity index (χ3v) is 10.7. The minimum absolute atomic E-state index is 0.0190. The third-order valence-electron chi connectivity index (χ3n) is 10.7. The number of esters is 1. The molecule has 2 aromatic rings. The van der Waals surface area contributed by atoms with E-state index in [1.807, 2.05) is 0 Å². The maximum atomic E-state index is 14.3. The van der Waals surface area contributed by atoms with Crippen LogP contribution in [-0.4, -0.2) is 107 Å². The van der Waals surface area contributed by atoms with Gasteiger partial charge in [0, 0.05) is 68.3 Å². The van der Waals surface area contributed by atoms with Crippen LogP contribution in [0.15, 0.2) is 41.3 Å². The molecule has 312 valence electrons. The fourth-order valence-electron chi connectivity index (χ4n) is 7.14. The van der Waals surface area contributed by atoms with Crippen LogP contribution >= 0.6 is 0 Å². The summed E-state index contributed by atoms with van der Waals surface area (Å²) < 4.78 is 28.4. The van der Waals surface area contributed by atoms with E-state index in [2.05, 4.69) is 10.5 Å². The lowest BCUT2D eigenvalue weighted by atomic mass is 9.78. The third kappa shape index (κ3) is 9.04. The fraction of sp³-hybridized carbons (Fsp3) is 0.512. The number of methoxy groups -OCH3 is 2. The number of aliphatic hydroxyl groups is 2. The van der Waals surface area contributed by atoms with E-state index in [1.54, 1.807) is 39.8 Å². The van der Waals surface area contributed by atoms with Gasteiger partial charge >= 0.3 is 11.8 Å². The van der Waals surface area contributed by atoms with Crippen molar-refractivity contribution in [1.82, 2.24) is 0 Å². The minimum Gasteiger partial charge on any atom is -0.507 e. The van der Waals surface area contributed by atoms with Crippen LogP contribution in [0.4, 0.5) is 5.69 Å². The molecule has 5 rings (SSSR count). The lowest BCUT2D eigenvalue weighted by Crippen LogP contribution is -2.46. The first-order chi connectivity index (χ1) is 26.8. The number of fused-ring (bicyclic) bond motifs is 14. The van der Waals surface area contributed by atoms with Gasteiger partial charge in [-0.25, -0.2) is 0 Å². The predicted octanol–water partition coefficient (Wildman–Crippen LogP) is 4.75. The fourth-order valence-corrected chi connectivity index (χ4v) is 7.14. The van der Waals surface area contributed by atoms with Gasteiger partial charge in [-0.2, -0.15) is 0 Å². The van der Waals surface area contributed by atoms with Crippen LogP contribution in [0.2, 0.25) is 0 Å². The van der Waals surface area contributed by atoms with Gasteiger partial charge in [-0.15, -0.1) is 0 Å². The highest BCUT2D eigenvalue weighted by molar-refractivity contribution is 6.23. The molecule has 0 aromatic heterocycles. The highest BCUT2D eigenvalue weighted by Gasteiger charge is 2.50. The summed E-state index contributed by atoms with van der Waals surface area (Å²) in [6.45, 7) is 12.6. The minimum atomic E-state index is -2.07. The Morgan fingerprint density at radius 1 is 0.947 bits per heavy atom. The average molecular weight is 799 g/mol. The average Bonchev–Trinajstić information content (AvgIpc) is 3.43. The molecule has 0 aliphatic carbocycles. The molecule has 57 heavy (non-hydrogen) atoms. The number of allylic oxidation sites excluding steroid dienone is 2. The summed E-state index contributed by atoms with van der Waals surface area (Å²) in [5.74, 6) is -8.75. The number of aliphatic hydroxyl groups excluding tert-OH is 2. The number of phenols is 3. The monoisotopic (exact) mass is 798 g/mol. The van der Waals surface area contributed by atoms with Crippen LogP contribution in [0.3, 0.4) is 0 Å². The van der Waals surface area contributed by atoms with Crippen molar-refractivity contribution in [2.75, 3.05) is 32.8 Å². The molecule has 0 fully saturated rings. The summed E-state index contributed by atoms with van der Waals surface area (Å²) in [6.07, 6.45) is 4.41. The molecule has 16 heteroatoms. The molecule has 3 heterocycles. The van der Waals surface area contributed by atoms with E-state index in [4.69, 9.17) is 28.5 Å². The van der Waals surface area contributed by atoms with Crippen LogP contribution in [-0.2, 0) is 33.4 Å². The zero-order chi connectivity index (χ0) is 42.5. The number of phenolic OH excluding ortho intramolecular Hbond substituents is 3. The molecule has 0 saturated carbocycles. The number of nitrogens with zero attached hydrogens (tertiary/aromatic N) is 1. The van der Waals surface area contributed by atoms with E-state index in [0.717, 1.165) is 6.21 Å². The molecule has 0 saturated heterocycles. The number of carbonyl (C=O) groups excluding carboxylic acids is 3. The predicted molar refractivity (Wildman–Crippen MR) is 209 cm³/mol. The smallest absolute Gasteiger partial charge is 0.312 e. The van der Waals surface area contributed by atoms with E-state index in [-0.39, 0.29) is 57.7 Å². The highest BCUT2D eigenvalue weighted by Crippen LogP contribution is 2.55. The van der Waals surface area contributed by atoms with E-state index in [0.29, 0.717) is 0 Å². The largest absolute Gasteiger partial charge is 0.507 e. The van der Waals surface area contributed by atoms with Crippen molar-refractivity contribution >= 4 is 40.3 Å². The van der Waals surface area contributed by atoms with Gasteiger partial charge in [0.1, 0.15) is 30.0 Å². The number of amides is 1. The lowest BCUT2D eigenvalue weighted by Gasteiger charge is -2.38. The first-order valence-electron chi connectivity index (χ1n) is 18.5. The van der Waals surface area contributed by atoms with Crippen LogP contribution < -0.4 is 10.1 Å². The zero-order valence-corrected chi connectivity index (χ0v) is 33.9. The standard InChI is InChI=1S/C41H54N2O14/c1-19-12-11-13-20(2)40(51)43-31-26(18-42-55-17-16-52-9)35(48)28-29(36(31)49)34(47)24(6)38-30(28)39(50)41(8,57-38)54-15-14-27(53-10)21(3)37(56-25(7)44)23(5)33(46)22(4)32(19)45/h11-15,18-19,21-23,27,32-33,37,45-49H,16-17H2,1-10H3,(H,43,51)/b12-11+,15-14+,20-13-,42-18+. The van der Waals surface area contributed by atoms with Crippen molar-refractivity contribution in [1.29, 1.82) is 0 Å². The van der Waals surface area contributed by atoms with Crippen molar-refractivity contribution in [3.8, 4) is 23.0 Å². The van der Waals surface area contributed by atoms with E-state index >= 15 is 0 Å². The van der Waals surface area contributed by atoms with Crippen LogP contribution in [0.1, 0.15) is 70.0 Å². The number of carbonyl (C=O) groups is 3. The number of Topliss-reactive ketones (excluding diaryl/α,β-unsaturated/α-hetero) is 1. The Hall–Kier alpha value is -5.16. The second kappa shape index (κ2) is 18.4. The molecular weight excluding hydrogens is 744 g/mol. The number of oxime groups is 1. The Labute approximate surface area is 331 Å². The maximum absolute atomic E-state index is 14.3. The Bertz CT molecular complexity index is 1970. The van der Waals surface area contributed by atoms with Crippen molar-refractivity contribution in [3.05, 3.63) is 52.8 Å². The Kier molecular flexibility index (Phi) is 14.4. The molecule has 16 nitrogen and oxygen atoms in total. The van der Waals surface area contributed by atoms with Gasteiger partial charge in [0.2, 0.25) is 0 Å². The Morgan fingerprint density at radius 2 is 1.63 bits per heavy atom. The van der Waals surface area contributed by atoms with Gasteiger partial charge in [0.05, 0.1) is 59.6 Å². The summed E-state index contributed by atoms with van der Waals surface area (Å²) >= 11 is 0. The first kappa shape index (κ1) is 44.6. The van der Waals surface area contributed by atoms with E-state index in [1.165, 1.54) is 60.3 Å². The molecule has 1 amide bonds. The van der Waals surface area contributed by atoms with Gasteiger partial charge in [-0.05, 0) is 19.9 Å². The Balaban J connectivity index is 1.96. The molecule has 6 N–H and O–H groups in total. The van der Waals surface area contributed by atoms with Crippen LogP contribution in [0.25, 0.3) is 10.8 Å². The van der Waals surface area contributed by atoms with Gasteiger partial charge in [-0.3, -0.25) is 14.4 Å². The number of benzene rings is 2. The summed E-state index contributed by atoms with van der Waals surface area (Å²) in [6, 6.07) is 0. The summed E-state index contributed by atoms with van der Waals surface area (Å²) in [5, 5.41) is 63.6. The van der Waals surface area contributed by atoms with Crippen molar-refractivity contribution in [3.63, 3.8) is 0 Å². The second-order valence-electron chi connectivity index (χ2n) is 14.7. The number of ether oxygens (including phenoxy) is 5. The highest BCUT2D eigenvalue weighted by atomic mass is 16.7. The molecule has 5 bridgehead atoms. The first-order valence-corrected chi connectivity index (χ1v) is 18.5. The maximum Gasteiger partial charge on any atom is 0.312 e. The van der Waals surface area contributed by atoms with Gasteiger partial charge in [0.25, 0.3) is 11.7 Å². The number of hydrogen-bond acceptors (Lipinski definition) is 15. The molecular formula is C41H54N2O14. The number of hydrogen-bond donors (Lipinski definition) is 6. The zero-order valence-electron chi connectivity index (χ0n) is 33.9. The SMILES string of the molecule is COCCO/N=C/c1c2c(O)c3c(O)c(C)c4c(c3c1O)C(=O)C(C)(O/C=C/C(OC)C(C)C(OC(C)=O)C(C)C(O)C(C)C(O)C(C)/C=C/C=C(/C)C(=O)N2)O4. The van der Waals surface area contributed by atoms with Crippen molar-refractivity contribution < 1.29 is 68.4 Å². The molecule has 3 aliphatic heterocycles. The van der Waals surface area contributed by atoms with Gasteiger partial charge in [0.15, 0.2) is 5.75 Å². The molecule has 0 radical (unpaired) electrons. The van der Waals surface area contributed by atoms with Gasteiger partial charge < -0.3 is 59.4 Å². The van der Waals surface area contributed by atoms with Crippen molar-refractivity contribution in [2.45, 2.75) is 85.6 Å². The topological polar surface area (TPSA) is 232 Å². The molecule has 9 unspecified atom stereocenters. The number of rotatable bonds is 7. The molecule has 0 spiro atoms. The number of aromatic hydroxyl groups is 3. The number of ketones is 1. The van der Waals surface area contributed by atoms with Crippen molar-refractivity contribution in [2.24, 2.45) is 28.8 Å². The van der Waals surface area contributed by atoms with E-state index < -0.39 is 88.8 Å². The number of nitrogens with one attached hydrogen (secondary N) is 1. The summed E-state index contributed by atoms with van der Waals surface area (Å²) in [7, 11) is 2.88. The normalized spacial score (nSPS) is 30.7. The van der Waals surface area contributed by atoms with Gasteiger partial charge in [-0.1, -0.05) is 51.1 Å². The summed E-state index contributed by atoms with van der Waals surface area (Å²) in [4.78, 5) is 45.4. The quantitative estimate of drug-likeness (QED) is 0.0555. The molecule has 2 aromatic carbocycles. The lowest BCUT2D eigenvalue weighted by molar-refractivity contribution is -0.160. The Morgan fingerprint density at radius 3 is 2.26 bits per heavy atom. The molecule has 3 aliphatic rings. The van der Waals surface area contributed by atoms with Crippen LogP contribution in [0.5, 0.6) is 23.0 Å². The second-order valence-corrected chi connectivity index (χ2v) is 14.7. The van der Waals surface area contributed by atoms with E-state index in [9.17, 15) is 39.9 Å².